The van der Waals surface area contributed by atoms with Crippen LogP contribution in [0.25, 0.3) is 0 Å². The maximum atomic E-state index is 10.6. The Hall–Kier alpha value is -0.860. The molecule has 3 heteroatoms. The summed E-state index contributed by atoms with van der Waals surface area (Å²) in [5.41, 5.74) is 0. The first-order valence-corrected chi connectivity index (χ1v) is 2.98. The van der Waals surface area contributed by atoms with Crippen LogP contribution in [0.2, 0.25) is 0 Å². The highest BCUT2D eigenvalue weighted by Gasteiger charge is 2.28. The average molecular weight is 127 g/mol. The summed E-state index contributed by atoms with van der Waals surface area (Å²) in [6.07, 6.45) is 1.66. The quantitative estimate of drug-likeness (QED) is 0.458. The van der Waals surface area contributed by atoms with Crippen molar-refractivity contribution in [2.45, 2.75) is 19.4 Å². The van der Waals surface area contributed by atoms with E-state index in [1.807, 2.05) is 0 Å². The molecule has 1 unspecified atom stereocenters. The number of rotatable bonds is 1. The van der Waals surface area contributed by atoms with Crippen molar-refractivity contribution in [2.75, 3.05) is 6.54 Å². The number of hydrogen-bond acceptors (Lipinski definition) is 2. The number of hydrogen-bond donors (Lipinski definition) is 0. The summed E-state index contributed by atoms with van der Waals surface area (Å²) in [6.45, 7) is 2.23. The van der Waals surface area contributed by atoms with Gasteiger partial charge in [-0.05, 0) is 6.42 Å². The summed E-state index contributed by atoms with van der Waals surface area (Å²) < 4.78 is 0. The first kappa shape index (κ1) is 6.26. The Bertz CT molecular complexity index is 144. The van der Waals surface area contributed by atoms with E-state index in [9.17, 15) is 9.59 Å². The topological polar surface area (TPSA) is 37.4 Å². The number of nitrogens with zero attached hydrogens (tertiary/aromatic N) is 1. The molecule has 3 nitrogen and oxygen atoms in total. The third kappa shape index (κ3) is 0.943. The highest BCUT2D eigenvalue weighted by Crippen LogP contribution is 2.14. The van der Waals surface area contributed by atoms with Gasteiger partial charge in [-0.3, -0.25) is 4.79 Å². The molecule has 1 atom stereocenters. The molecule has 1 heterocycles. The Morgan fingerprint density at radius 2 is 2.44 bits per heavy atom. The van der Waals surface area contributed by atoms with E-state index in [4.69, 9.17) is 0 Å². The van der Waals surface area contributed by atoms with Gasteiger partial charge < -0.3 is 9.69 Å². The second-order valence-corrected chi connectivity index (χ2v) is 2.20. The summed E-state index contributed by atoms with van der Waals surface area (Å²) in [6, 6.07) is -0.123. The second-order valence-electron chi connectivity index (χ2n) is 2.20. The van der Waals surface area contributed by atoms with E-state index in [-0.39, 0.29) is 11.9 Å². The predicted molar refractivity (Wildman–Crippen MR) is 31.9 cm³/mol. The fourth-order valence-electron chi connectivity index (χ4n) is 0.940. The lowest BCUT2D eigenvalue weighted by Crippen LogP contribution is -2.50. The van der Waals surface area contributed by atoms with Crippen LogP contribution in [0, 0.1) is 0 Å². The van der Waals surface area contributed by atoms with Gasteiger partial charge in [0.05, 0.1) is 6.04 Å². The maximum absolute atomic E-state index is 10.6. The minimum absolute atomic E-state index is 0.00153. The number of carbonyl (C=O) groups is 2. The number of likely N-dealkylation sites (tertiary alicyclic amines) is 1. The van der Waals surface area contributed by atoms with Gasteiger partial charge in [0.2, 0.25) is 5.91 Å². The van der Waals surface area contributed by atoms with Gasteiger partial charge in [0.1, 0.15) is 6.29 Å². The Balaban J connectivity index is 2.44. The molecule has 0 aromatic rings. The molecule has 1 aliphatic heterocycles. The van der Waals surface area contributed by atoms with Crippen LogP contribution in [-0.2, 0) is 9.59 Å². The lowest BCUT2D eigenvalue weighted by atomic mass is 10.1. The third-order valence-electron chi connectivity index (χ3n) is 1.63. The zero-order valence-corrected chi connectivity index (χ0v) is 5.33. The van der Waals surface area contributed by atoms with Crippen molar-refractivity contribution in [3.63, 3.8) is 0 Å². The van der Waals surface area contributed by atoms with Crippen molar-refractivity contribution in [3.8, 4) is 0 Å². The van der Waals surface area contributed by atoms with Crippen LogP contribution in [0.3, 0.4) is 0 Å². The van der Waals surface area contributed by atoms with Crippen LogP contribution in [0.15, 0.2) is 0 Å². The van der Waals surface area contributed by atoms with Gasteiger partial charge in [0.25, 0.3) is 0 Å². The van der Waals surface area contributed by atoms with E-state index in [1.54, 1.807) is 4.90 Å². The van der Waals surface area contributed by atoms with E-state index in [2.05, 4.69) is 0 Å². The van der Waals surface area contributed by atoms with Crippen LogP contribution in [0.5, 0.6) is 0 Å². The minimum Gasteiger partial charge on any atom is -0.333 e. The highest BCUT2D eigenvalue weighted by atomic mass is 16.2. The second kappa shape index (κ2) is 2.17. The Morgan fingerprint density at radius 3 is 2.56 bits per heavy atom. The van der Waals surface area contributed by atoms with Crippen LogP contribution < -0.4 is 0 Å². The molecule has 0 bridgehead atoms. The molecule has 0 saturated carbocycles. The summed E-state index contributed by atoms with van der Waals surface area (Å²) in [5.74, 6) is -0.00153. The molecule has 0 aromatic carbocycles. The van der Waals surface area contributed by atoms with E-state index >= 15 is 0 Å². The summed E-state index contributed by atoms with van der Waals surface area (Å²) in [4.78, 5) is 22.2. The molecule has 50 valence electrons. The lowest BCUT2D eigenvalue weighted by molar-refractivity contribution is -0.140. The van der Waals surface area contributed by atoms with Gasteiger partial charge in [-0.25, -0.2) is 0 Å². The summed E-state index contributed by atoms with van der Waals surface area (Å²) in [7, 11) is 0. The molecule has 0 radical (unpaired) electrons. The largest absolute Gasteiger partial charge is 0.333 e. The van der Waals surface area contributed by atoms with E-state index < -0.39 is 0 Å². The maximum Gasteiger partial charge on any atom is 0.220 e. The number of carbonyl (C=O) groups excluding carboxylic acids is 2. The standard InChI is InChI=1S/C6H9NO2/c1-5(9)7-3-2-6(7)4-8/h4,6H,2-3H2,1H3. The first-order valence-electron chi connectivity index (χ1n) is 2.98. The smallest absolute Gasteiger partial charge is 0.220 e. The molecular formula is C6H9NO2. The normalized spacial score (nSPS) is 25.0. The Kier molecular flexibility index (Phi) is 1.51. The van der Waals surface area contributed by atoms with Crippen molar-refractivity contribution in [2.24, 2.45) is 0 Å². The molecule has 0 aliphatic carbocycles. The molecule has 1 fully saturated rings. The zero-order chi connectivity index (χ0) is 6.85. The van der Waals surface area contributed by atoms with E-state index in [0.717, 1.165) is 19.3 Å². The Labute approximate surface area is 53.6 Å². The van der Waals surface area contributed by atoms with Crippen LogP contribution in [0.4, 0.5) is 0 Å². The molecule has 0 N–H and O–H groups in total. The van der Waals surface area contributed by atoms with Crippen molar-refractivity contribution < 1.29 is 9.59 Å². The fourth-order valence-corrected chi connectivity index (χ4v) is 0.940. The van der Waals surface area contributed by atoms with Crippen molar-refractivity contribution >= 4 is 12.2 Å². The van der Waals surface area contributed by atoms with Gasteiger partial charge >= 0.3 is 0 Å². The van der Waals surface area contributed by atoms with Crippen LogP contribution in [-0.4, -0.2) is 29.7 Å². The average Bonchev–Trinajstić information content (AvgIpc) is 1.61. The molecule has 1 aliphatic rings. The van der Waals surface area contributed by atoms with Gasteiger partial charge in [-0.15, -0.1) is 0 Å². The SMILES string of the molecule is CC(=O)N1CCC1C=O. The minimum atomic E-state index is -0.123. The van der Waals surface area contributed by atoms with Gasteiger partial charge in [-0.1, -0.05) is 0 Å². The number of aldehydes is 1. The lowest BCUT2D eigenvalue weighted by Gasteiger charge is -2.36. The van der Waals surface area contributed by atoms with Crippen LogP contribution in [0.1, 0.15) is 13.3 Å². The molecule has 1 rings (SSSR count). The summed E-state index contributed by atoms with van der Waals surface area (Å²) in [5, 5.41) is 0. The predicted octanol–water partition coefficient (Wildman–Crippen LogP) is -0.194. The third-order valence-corrected chi connectivity index (χ3v) is 1.63. The van der Waals surface area contributed by atoms with Crippen molar-refractivity contribution in [3.05, 3.63) is 0 Å². The first-order chi connectivity index (χ1) is 4.25. The fraction of sp³-hybridized carbons (Fsp3) is 0.667. The molecule has 1 saturated heterocycles. The molecule has 0 aromatic heterocycles. The molecule has 1 amide bonds. The van der Waals surface area contributed by atoms with Gasteiger partial charge in [0, 0.05) is 13.5 Å². The molecule has 0 spiro atoms. The van der Waals surface area contributed by atoms with Crippen molar-refractivity contribution in [1.29, 1.82) is 0 Å². The number of amides is 1. The van der Waals surface area contributed by atoms with Gasteiger partial charge in [-0.2, -0.15) is 0 Å². The zero-order valence-electron chi connectivity index (χ0n) is 5.33. The van der Waals surface area contributed by atoms with E-state index in [0.29, 0.717) is 0 Å². The van der Waals surface area contributed by atoms with E-state index in [1.165, 1.54) is 6.92 Å². The summed E-state index contributed by atoms with van der Waals surface area (Å²) >= 11 is 0. The highest BCUT2D eigenvalue weighted by molar-refractivity contribution is 5.79. The Morgan fingerprint density at radius 1 is 1.78 bits per heavy atom. The monoisotopic (exact) mass is 127 g/mol. The van der Waals surface area contributed by atoms with Crippen LogP contribution >= 0.6 is 0 Å². The van der Waals surface area contributed by atoms with Crippen molar-refractivity contribution in [1.82, 2.24) is 4.90 Å². The van der Waals surface area contributed by atoms with Gasteiger partial charge in [0.15, 0.2) is 0 Å². The molecule has 9 heavy (non-hydrogen) atoms. The molecular weight excluding hydrogens is 118 g/mol.